The standard InChI is InChI=1S/C19H24BClN2O/c1-18(2)12-20(24-19(18,3)4)16-11-14(22)7-10-17(16)23-15-8-5-13(21)6-9-15/h5-11,23H,12,22H2,1-4H3. The Morgan fingerprint density at radius 1 is 1.08 bits per heavy atom. The van der Waals surface area contributed by atoms with Gasteiger partial charge in [-0.05, 0) is 73.5 Å². The molecule has 0 amide bonds. The second-order valence-electron chi connectivity index (χ2n) is 7.68. The molecule has 0 radical (unpaired) electrons. The molecule has 24 heavy (non-hydrogen) atoms. The first-order valence-corrected chi connectivity index (χ1v) is 8.66. The number of rotatable bonds is 3. The van der Waals surface area contributed by atoms with Gasteiger partial charge >= 0.3 is 6.92 Å². The normalized spacial score (nSPS) is 18.6. The van der Waals surface area contributed by atoms with Crippen LogP contribution in [0.3, 0.4) is 0 Å². The minimum atomic E-state index is -0.181. The molecule has 0 atom stereocenters. The molecule has 1 heterocycles. The molecule has 0 spiro atoms. The Balaban J connectivity index is 1.93. The number of benzene rings is 2. The number of hydrogen-bond acceptors (Lipinski definition) is 3. The van der Waals surface area contributed by atoms with Gasteiger partial charge in [0.1, 0.15) is 0 Å². The maximum Gasteiger partial charge on any atom is 0.330 e. The van der Waals surface area contributed by atoms with Gasteiger partial charge < -0.3 is 15.7 Å². The van der Waals surface area contributed by atoms with Crippen molar-refractivity contribution in [2.75, 3.05) is 11.1 Å². The predicted molar refractivity (Wildman–Crippen MR) is 105 cm³/mol. The summed E-state index contributed by atoms with van der Waals surface area (Å²) in [5, 5.41) is 4.19. The van der Waals surface area contributed by atoms with Gasteiger partial charge in [0, 0.05) is 22.1 Å². The molecule has 2 aromatic rings. The second kappa shape index (κ2) is 6.01. The van der Waals surface area contributed by atoms with Crippen molar-refractivity contribution in [1.29, 1.82) is 0 Å². The molecule has 1 fully saturated rings. The zero-order valence-corrected chi connectivity index (χ0v) is 15.4. The number of nitrogens with two attached hydrogens (primary N) is 1. The van der Waals surface area contributed by atoms with E-state index in [1.165, 1.54) is 0 Å². The predicted octanol–water partition coefficient (Wildman–Crippen LogP) is 4.70. The van der Waals surface area contributed by atoms with Crippen LogP contribution in [0, 0.1) is 5.41 Å². The zero-order chi connectivity index (χ0) is 17.5. The van der Waals surface area contributed by atoms with Crippen LogP contribution >= 0.6 is 11.6 Å². The Labute approximate surface area is 149 Å². The fraction of sp³-hybridized carbons (Fsp3) is 0.368. The summed E-state index contributed by atoms with van der Waals surface area (Å²) in [6.07, 6.45) is 0.957. The first-order chi connectivity index (χ1) is 11.2. The maximum absolute atomic E-state index is 6.39. The highest BCUT2D eigenvalue weighted by Gasteiger charge is 2.50. The fourth-order valence-electron chi connectivity index (χ4n) is 3.09. The number of nitrogens with one attached hydrogen (secondary N) is 1. The van der Waals surface area contributed by atoms with Crippen molar-refractivity contribution in [3.05, 3.63) is 47.5 Å². The first kappa shape index (κ1) is 17.2. The van der Waals surface area contributed by atoms with Crippen molar-refractivity contribution in [1.82, 2.24) is 0 Å². The van der Waals surface area contributed by atoms with Gasteiger partial charge in [-0.3, -0.25) is 0 Å². The van der Waals surface area contributed by atoms with Crippen molar-refractivity contribution in [3.63, 3.8) is 0 Å². The highest BCUT2D eigenvalue weighted by Crippen LogP contribution is 2.45. The van der Waals surface area contributed by atoms with Gasteiger partial charge in [0.25, 0.3) is 0 Å². The van der Waals surface area contributed by atoms with Crippen LogP contribution in [0.15, 0.2) is 42.5 Å². The molecule has 126 valence electrons. The van der Waals surface area contributed by atoms with Crippen LogP contribution in [-0.4, -0.2) is 12.5 Å². The molecule has 0 unspecified atom stereocenters. The second-order valence-corrected chi connectivity index (χ2v) is 8.12. The third kappa shape index (κ3) is 3.26. The summed E-state index contributed by atoms with van der Waals surface area (Å²) in [4.78, 5) is 0. The largest absolute Gasteiger partial charge is 0.425 e. The van der Waals surface area contributed by atoms with Gasteiger partial charge in [0.05, 0.1) is 5.60 Å². The van der Waals surface area contributed by atoms with Crippen LogP contribution in [0.25, 0.3) is 0 Å². The summed E-state index contributed by atoms with van der Waals surface area (Å²) >= 11 is 5.97. The number of halogens is 1. The summed E-state index contributed by atoms with van der Waals surface area (Å²) in [7, 11) is 0. The van der Waals surface area contributed by atoms with Crippen molar-refractivity contribution in [2.45, 2.75) is 39.6 Å². The molecule has 5 heteroatoms. The molecule has 0 aromatic heterocycles. The molecule has 1 saturated heterocycles. The highest BCUT2D eigenvalue weighted by molar-refractivity contribution is 6.70. The van der Waals surface area contributed by atoms with Crippen LogP contribution < -0.4 is 16.5 Å². The van der Waals surface area contributed by atoms with Crippen LogP contribution in [0.5, 0.6) is 0 Å². The Kier molecular flexibility index (Phi) is 4.31. The zero-order valence-electron chi connectivity index (χ0n) is 14.7. The molecule has 1 aliphatic heterocycles. The van der Waals surface area contributed by atoms with Crippen molar-refractivity contribution < 1.29 is 4.65 Å². The smallest absolute Gasteiger partial charge is 0.330 e. The van der Waals surface area contributed by atoms with E-state index in [9.17, 15) is 0 Å². The first-order valence-electron chi connectivity index (χ1n) is 8.28. The average molecular weight is 343 g/mol. The van der Waals surface area contributed by atoms with Crippen molar-refractivity contribution in [2.24, 2.45) is 5.41 Å². The number of nitrogen functional groups attached to an aromatic ring is 1. The molecule has 2 aromatic carbocycles. The molecule has 3 nitrogen and oxygen atoms in total. The van der Waals surface area contributed by atoms with E-state index in [0.717, 1.165) is 33.9 Å². The maximum atomic E-state index is 6.39. The van der Waals surface area contributed by atoms with E-state index in [2.05, 4.69) is 33.0 Å². The minimum Gasteiger partial charge on any atom is -0.425 e. The van der Waals surface area contributed by atoms with Gasteiger partial charge in [-0.1, -0.05) is 25.4 Å². The van der Waals surface area contributed by atoms with Crippen molar-refractivity contribution >= 4 is 41.0 Å². The Hall–Kier alpha value is -1.65. The minimum absolute atomic E-state index is 0.0216. The molecule has 0 aliphatic carbocycles. The lowest BCUT2D eigenvalue weighted by Crippen LogP contribution is -2.36. The third-order valence-corrected chi connectivity index (χ3v) is 5.56. The van der Waals surface area contributed by atoms with Gasteiger partial charge in [-0.25, -0.2) is 0 Å². The molecular formula is C19H24BClN2O. The summed E-state index contributed by atoms with van der Waals surface area (Å²) in [6, 6.07) is 13.6. The lowest BCUT2D eigenvalue weighted by Gasteiger charge is -2.34. The van der Waals surface area contributed by atoms with E-state index in [4.69, 9.17) is 22.0 Å². The summed E-state index contributed by atoms with van der Waals surface area (Å²) in [5.74, 6) is 0. The van der Waals surface area contributed by atoms with Crippen LogP contribution in [0.4, 0.5) is 17.1 Å². The quantitative estimate of drug-likeness (QED) is 0.628. The van der Waals surface area contributed by atoms with Gasteiger partial charge in [0.15, 0.2) is 0 Å². The lowest BCUT2D eigenvalue weighted by atomic mass is 9.53. The van der Waals surface area contributed by atoms with Crippen LogP contribution in [0.1, 0.15) is 27.7 Å². The van der Waals surface area contributed by atoms with Crippen molar-refractivity contribution in [3.8, 4) is 0 Å². The monoisotopic (exact) mass is 342 g/mol. The molecule has 1 aliphatic rings. The number of hydrogen-bond donors (Lipinski definition) is 2. The van der Waals surface area contributed by atoms with E-state index in [0.29, 0.717) is 0 Å². The van der Waals surface area contributed by atoms with E-state index < -0.39 is 0 Å². The lowest BCUT2D eigenvalue weighted by molar-refractivity contribution is 0.0375. The average Bonchev–Trinajstić information content (AvgIpc) is 2.71. The topological polar surface area (TPSA) is 47.3 Å². The summed E-state index contributed by atoms with van der Waals surface area (Å²) in [6.45, 7) is 8.85. The van der Waals surface area contributed by atoms with Gasteiger partial charge in [-0.15, -0.1) is 0 Å². The fourth-order valence-corrected chi connectivity index (χ4v) is 3.22. The van der Waals surface area contributed by atoms with E-state index in [-0.39, 0.29) is 17.9 Å². The Bertz CT molecular complexity index is 728. The van der Waals surface area contributed by atoms with E-state index >= 15 is 0 Å². The van der Waals surface area contributed by atoms with Gasteiger partial charge in [0.2, 0.25) is 0 Å². The SMILES string of the molecule is CC1(C)CB(c2cc(N)ccc2Nc2ccc(Cl)cc2)OC1(C)C. The van der Waals surface area contributed by atoms with Gasteiger partial charge in [-0.2, -0.15) is 0 Å². The molecule has 0 saturated carbocycles. The third-order valence-electron chi connectivity index (χ3n) is 5.31. The van der Waals surface area contributed by atoms with E-state index in [1.807, 2.05) is 42.5 Å². The molecular weight excluding hydrogens is 318 g/mol. The molecule has 0 bridgehead atoms. The summed E-state index contributed by atoms with van der Waals surface area (Å²) < 4.78 is 6.39. The van der Waals surface area contributed by atoms with E-state index in [1.54, 1.807) is 0 Å². The number of anilines is 3. The molecule has 3 rings (SSSR count). The van der Waals surface area contributed by atoms with Crippen LogP contribution in [-0.2, 0) is 4.65 Å². The molecule has 3 N–H and O–H groups in total. The highest BCUT2D eigenvalue weighted by atomic mass is 35.5. The Morgan fingerprint density at radius 3 is 2.33 bits per heavy atom. The van der Waals surface area contributed by atoms with Crippen LogP contribution in [0.2, 0.25) is 11.3 Å². The Morgan fingerprint density at radius 2 is 1.75 bits per heavy atom. The summed E-state index contributed by atoms with van der Waals surface area (Å²) in [5.41, 5.74) is 9.81.